The van der Waals surface area contributed by atoms with Gasteiger partial charge in [-0.15, -0.1) is 11.1 Å². The van der Waals surface area contributed by atoms with Crippen LogP contribution in [0.15, 0.2) is 97.1 Å². The third-order valence-electron chi connectivity index (χ3n) is 3.99. The van der Waals surface area contributed by atoms with Gasteiger partial charge in [-0.1, -0.05) is 12.8 Å². The predicted molar refractivity (Wildman–Crippen MR) is 107 cm³/mol. The van der Waals surface area contributed by atoms with E-state index >= 15 is 0 Å². The van der Waals surface area contributed by atoms with Gasteiger partial charge >= 0.3 is 0 Å². The number of aryl methyl sites for hydroxylation is 2. The molecule has 4 aromatic carbocycles. The van der Waals surface area contributed by atoms with Crippen molar-refractivity contribution in [1.82, 2.24) is 0 Å². The molecule has 4 heteroatoms. The van der Waals surface area contributed by atoms with E-state index in [1.807, 2.05) is 48.5 Å². The fourth-order valence-corrected chi connectivity index (χ4v) is 2.49. The van der Waals surface area contributed by atoms with E-state index in [1.54, 1.807) is 0 Å². The zero-order valence-corrected chi connectivity index (χ0v) is 17.9. The first-order chi connectivity index (χ1) is 12.8. The van der Waals surface area contributed by atoms with E-state index in [0.717, 1.165) is 24.0 Å². The Balaban J connectivity index is 0.000000399. The van der Waals surface area contributed by atoms with E-state index in [2.05, 4.69) is 48.5 Å². The molecule has 0 aliphatic carbocycles. The fourth-order valence-electron chi connectivity index (χ4n) is 2.49. The van der Waals surface area contributed by atoms with Crippen molar-refractivity contribution in [3.63, 3.8) is 0 Å². The maximum atomic E-state index is 8.43. The summed E-state index contributed by atoms with van der Waals surface area (Å²) in [4.78, 5) is 0. The van der Waals surface area contributed by atoms with Crippen LogP contribution in [0.1, 0.15) is 22.3 Å². The summed E-state index contributed by atoms with van der Waals surface area (Å²) in [6.07, 6.45) is 2.33. The Morgan fingerprint density at radius 1 is 0.393 bits per heavy atom. The molecule has 0 aliphatic heterocycles. The van der Waals surface area contributed by atoms with Crippen molar-refractivity contribution in [2.75, 3.05) is 0 Å². The first-order valence-corrected chi connectivity index (χ1v) is 8.86. The van der Waals surface area contributed by atoms with Gasteiger partial charge in [0, 0.05) is 47.4 Å². The quantitative estimate of drug-likeness (QED) is 0.337. The maximum absolute atomic E-state index is 8.43. The summed E-state index contributed by atoms with van der Waals surface area (Å²) < 4.78 is 0. The van der Waals surface area contributed by atoms with Crippen LogP contribution < -0.4 is 0 Å². The van der Waals surface area contributed by atoms with Crippen molar-refractivity contribution in [2.45, 2.75) is 26.1 Å². The molecule has 154 valence electrons. The minimum Gasteiger partial charge on any atom is -0.404 e. The average molecular weight is 458 g/mol. The average Bonchev–Trinajstić information content (AvgIpc) is 3.49. The molecule has 0 fully saturated rings. The van der Waals surface area contributed by atoms with Gasteiger partial charge < -0.3 is 10.2 Å². The van der Waals surface area contributed by atoms with Gasteiger partial charge in [0.15, 0.2) is 0 Å². The van der Waals surface area contributed by atoms with Crippen LogP contribution >= 0.6 is 0 Å². The van der Waals surface area contributed by atoms with Gasteiger partial charge in [0.05, 0.1) is 0 Å². The van der Waals surface area contributed by atoms with Gasteiger partial charge in [0.25, 0.3) is 0 Å². The van der Waals surface area contributed by atoms with Gasteiger partial charge in [-0.05, 0) is 0 Å². The van der Waals surface area contributed by atoms with E-state index in [4.69, 9.17) is 10.2 Å². The maximum Gasteiger partial charge on any atom is 0.0238 e. The number of aliphatic hydroxyl groups excluding tert-OH is 2. The fraction of sp³-hybridized carbons (Fsp3) is 0.167. The van der Waals surface area contributed by atoms with Gasteiger partial charge in [0.1, 0.15) is 0 Å². The van der Waals surface area contributed by atoms with Crippen molar-refractivity contribution in [1.29, 1.82) is 0 Å². The Hall–Kier alpha value is -1.64. The van der Waals surface area contributed by atoms with Crippen molar-refractivity contribution >= 4 is 0 Å². The molecule has 0 aliphatic rings. The van der Waals surface area contributed by atoms with Gasteiger partial charge in [-0.25, -0.2) is 48.5 Å². The molecule has 0 bridgehead atoms. The van der Waals surface area contributed by atoms with Gasteiger partial charge in [-0.3, -0.25) is 0 Å². The zero-order chi connectivity index (χ0) is 18.5. The molecular formula is C24H26Fe2O2-4. The van der Waals surface area contributed by atoms with Gasteiger partial charge in [0.2, 0.25) is 0 Å². The van der Waals surface area contributed by atoms with Crippen molar-refractivity contribution in [2.24, 2.45) is 0 Å². The standard InChI is InChI=1S/C12H12.2C6H7O.2Fe/c1-2-6-11(5-1)9-10-12-7-3-4-8-12;2*7-5-6-3-1-2-4-6;;/h1-8H,9-10H2;2*1-4,7H,5H2;;/q-2;2*-1;;. The molecule has 0 heterocycles. The molecule has 0 unspecified atom stereocenters. The second kappa shape index (κ2) is 16.3. The minimum absolute atomic E-state index is 0. The molecule has 0 saturated carbocycles. The molecule has 0 radical (unpaired) electrons. The number of rotatable bonds is 5. The first-order valence-electron chi connectivity index (χ1n) is 8.86. The Labute approximate surface area is 189 Å². The first kappa shape index (κ1) is 26.4. The van der Waals surface area contributed by atoms with Crippen LogP contribution in [0.3, 0.4) is 0 Å². The molecule has 0 aromatic heterocycles. The van der Waals surface area contributed by atoms with Crippen molar-refractivity contribution in [3.05, 3.63) is 119 Å². The van der Waals surface area contributed by atoms with Crippen LogP contribution in [0.2, 0.25) is 0 Å². The number of hydrogen-bond acceptors (Lipinski definition) is 2. The van der Waals surface area contributed by atoms with Crippen LogP contribution in [-0.2, 0) is 60.2 Å². The van der Waals surface area contributed by atoms with Crippen LogP contribution in [0.4, 0.5) is 0 Å². The molecule has 28 heavy (non-hydrogen) atoms. The SMILES string of the molecule is OC[c-]1cccc1.OC[c-]1cccc1.[Fe].[Fe].c1cc[c-](CC[c-]2cccc2)c1. The molecule has 0 saturated heterocycles. The predicted octanol–water partition coefficient (Wildman–Crippen LogP) is 4.70. The number of hydrogen-bond donors (Lipinski definition) is 2. The summed E-state index contributed by atoms with van der Waals surface area (Å²) in [6.45, 7) is 0.319. The largest absolute Gasteiger partial charge is 0.404 e. The molecule has 2 nitrogen and oxygen atoms in total. The van der Waals surface area contributed by atoms with Crippen molar-refractivity contribution < 1.29 is 44.4 Å². The topological polar surface area (TPSA) is 40.5 Å². The third kappa shape index (κ3) is 10.6. The summed E-state index contributed by atoms with van der Waals surface area (Å²) in [5, 5.41) is 16.9. The molecule has 4 aromatic rings. The molecule has 0 amide bonds. The Bertz CT molecular complexity index is 684. The monoisotopic (exact) mass is 458 g/mol. The summed E-state index contributed by atoms with van der Waals surface area (Å²) in [7, 11) is 0. The second-order valence-corrected chi connectivity index (χ2v) is 5.99. The smallest absolute Gasteiger partial charge is 0.0238 e. The van der Waals surface area contributed by atoms with E-state index in [0.29, 0.717) is 0 Å². The Morgan fingerprint density at radius 2 is 0.607 bits per heavy atom. The van der Waals surface area contributed by atoms with Gasteiger partial charge in [-0.2, -0.15) is 59.7 Å². The van der Waals surface area contributed by atoms with E-state index in [9.17, 15) is 0 Å². The van der Waals surface area contributed by atoms with E-state index in [1.165, 1.54) is 11.1 Å². The van der Waals surface area contributed by atoms with Crippen LogP contribution in [-0.4, -0.2) is 10.2 Å². The third-order valence-corrected chi connectivity index (χ3v) is 3.99. The molecule has 2 N–H and O–H groups in total. The molecular weight excluding hydrogens is 432 g/mol. The van der Waals surface area contributed by atoms with Crippen LogP contribution in [0, 0.1) is 0 Å². The normalized spacial score (nSPS) is 9.07. The van der Waals surface area contributed by atoms with E-state index < -0.39 is 0 Å². The summed E-state index contributed by atoms with van der Waals surface area (Å²) >= 11 is 0. The number of aliphatic hydroxyl groups is 2. The molecule has 0 spiro atoms. The summed E-state index contributed by atoms with van der Waals surface area (Å²) in [6, 6.07) is 32.3. The summed E-state index contributed by atoms with van der Waals surface area (Å²) in [5.74, 6) is 0. The van der Waals surface area contributed by atoms with Crippen LogP contribution in [0.5, 0.6) is 0 Å². The Morgan fingerprint density at radius 3 is 0.786 bits per heavy atom. The van der Waals surface area contributed by atoms with E-state index in [-0.39, 0.29) is 47.4 Å². The second-order valence-electron chi connectivity index (χ2n) is 5.99. The van der Waals surface area contributed by atoms with Crippen molar-refractivity contribution in [3.8, 4) is 0 Å². The zero-order valence-electron chi connectivity index (χ0n) is 15.7. The molecule has 0 atom stereocenters. The Kier molecular flexibility index (Phi) is 15.4. The van der Waals surface area contributed by atoms with Crippen LogP contribution in [0.25, 0.3) is 0 Å². The molecule has 4 rings (SSSR count). The summed E-state index contributed by atoms with van der Waals surface area (Å²) in [5.41, 5.74) is 4.85. The minimum atomic E-state index is 0.